The number of nitrogens with zero attached hydrogens (tertiary/aromatic N) is 1. The minimum atomic E-state index is -0.103. The first-order valence-electron chi connectivity index (χ1n) is 6.72. The van der Waals surface area contributed by atoms with Gasteiger partial charge in [0.15, 0.2) is 0 Å². The van der Waals surface area contributed by atoms with Gasteiger partial charge < -0.3 is 15.1 Å². The second-order valence-corrected chi connectivity index (χ2v) is 5.35. The smallest absolute Gasteiger partial charge is 0.104 e. The van der Waals surface area contributed by atoms with Crippen molar-refractivity contribution in [2.45, 2.75) is 25.5 Å². The van der Waals surface area contributed by atoms with E-state index < -0.39 is 0 Å². The lowest BCUT2D eigenvalue weighted by Crippen LogP contribution is -2.36. The lowest BCUT2D eigenvalue weighted by Gasteiger charge is -2.34. The van der Waals surface area contributed by atoms with E-state index in [0.29, 0.717) is 5.92 Å². The van der Waals surface area contributed by atoms with E-state index in [4.69, 9.17) is 5.11 Å². The molecule has 0 aliphatic heterocycles. The highest BCUT2D eigenvalue weighted by Crippen LogP contribution is 2.27. The van der Waals surface area contributed by atoms with Crippen molar-refractivity contribution in [1.82, 2.24) is 4.90 Å². The fourth-order valence-corrected chi connectivity index (χ4v) is 2.56. The Hall–Kier alpha value is -1.34. The van der Waals surface area contributed by atoms with Crippen LogP contribution in [0.25, 0.3) is 0 Å². The number of aliphatic hydroxyl groups is 2. The third-order valence-corrected chi connectivity index (χ3v) is 3.47. The van der Waals surface area contributed by atoms with E-state index in [1.54, 1.807) is 0 Å². The summed E-state index contributed by atoms with van der Waals surface area (Å²) in [6.45, 7) is 1.82. The molecule has 0 bridgehead atoms. The first-order valence-corrected chi connectivity index (χ1v) is 6.72. The second kappa shape index (κ2) is 6.72. The number of hydrogen-bond donors (Lipinski definition) is 2. The highest BCUT2D eigenvalue weighted by atomic mass is 16.3. The number of benzene rings is 1. The summed E-state index contributed by atoms with van der Waals surface area (Å²) in [5.74, 6) is 6.23. The highest BCUT2D eigenvalue weighted by Gasteiger charge is 2.27. The molecule has 0 aromatic heterocycles. The minimum absolute atomic E-state index is 0.0736. The van der Waals surface area contributed by atoms with Crippen molar-refractivity contribution in [3.05, 3.63) is 35.4 Å². The van der Waals surface area contributed by atoms with Gasteiger partial charge in [0.25, 0.3) is 0 Å². The van der Waals surface area contributed by atoms with Crippen LogP contribution in [0.1, 0.15) is 24.0 Å². The Kier molecular flexibility index (Phi) is 4.98. The van der Waals surface area contributed by atoms with Crippen molar-refractivity contribution >= 4 is 0 Å². The van der Waals surface area contributed by atoms with Gasteiger partial charge in [-0.1, -0.05) is 24.0 Å². The maximum atomic E-state index is 9.29. The molecule has 19 heavy (non-hydrogen) atoms. The molecule has 0 amide bonds. The SMILES string of the molecule is CN(Cc1cccc(C#CCO)c1)CC1CC(O)C1. The Bertz CT molecular complexity index is 469. The topological polar surface area (TPSA) is 43.7 Å². The van der Waals surface area contributed by atoms with E-state index in [0.717, 1.165) is 31.5 Å². The molecule has 3 nitrogen and oxygen atoms in total. The molecule has 0 saturated heterocycles. The molecular formula is C16H21NO2. The summed E-state index contributed by atoms with van der Waals surface area (Å²) in [5.41, 5.74) is 2.17. The van der Waals surface area contributed by atoms with Crippen LogP contribution in [0.4, 0.5) is 0 Å². The summed E-state index contributed by atoms with van der Waals surface area (Å²) in [7, 11) is 2.11. The molecule has 1 aliphatic rings. The normalized spacial score (nSPS) is 21.7. The number of aliphatic hydroxyl groups excluding tert-OH is 2. The van der Waals surface area contributed by atoms with Crippen molar-refractivity contribution in [1.29, 1.82) is 0 Å². The summed E-state index contributed by atoms with van der Waals surface area (Å²) in [5, 5.41) is 18.0. The van der Waals surface area contributed by atoms with Crippen molar-refractivity contribution in [3.63, 3.8) is 0 Å². The molecule has 1 aromatic rings. The van der Waals surface area contributed by atoms with Crippen LogP contribution in [-0.2, 0) is 6.54 Å². The molecule has 0 spiro atoms. The molecule has 2 rings (SSSR count). The molecule has 1 saturated carbocycles. The summed E-state index contributed by atoms with van der Waals surface area (Å²) < 4.78 is 0. The third kappa shape index (κ3) is 4.36. The fourth-order valence-electron chi connectivity index (χ4n) is 2.56. The summed E-state index contributed by atoms with van der Waals surface area (Å²) in [6.07, 6.45) is 1.80. The minimum Gasteiger partial charge on any atom is -0.393 e. The number of hydrogen-bond acceptors (Lipinski definition) is 3. The Morgan fingerprint density at radius 3 is 2.84 bits per heavy atom. The Morgan fingerprint density at radius 1 is 1.37 bits per heavy atom. The van der Waals surface area contributed by atoms with Gasteiger partial charge in [0.1, 0.15) is 6.61 Å². The average molecular weight is 259 g/mol. The lowest BCUT2D eigenvalue weighted by molar-refractivity contribution is 0.0274. The van der Waals surface area contributed by atoms with Gasteiger partial charge in [-0.15, -0.1) is 0 Å². The average Bonchev–Trinajstić information content (AvgIpc) is 2.35. The van der Waals surface area contributed by atoms with Crippen LogP contribution in [0.2, 0.25) is 0 Å². The Balaban J connectivity index is 1.87. The number of rotatable bonds is 4. The van der Waals surface area contributed by atoms with Crippen LogP contribution in [0.15, 0.2) is 24.3 Å². The molecule has 0 radical (unpaired) electrons. The molecule has 0 heterocycles. The zero-order valence-electron chi connectivity index (χ0n) is 11.3. The quantitative estimate of drug-likeness (QED) is 0.799. The van der Waals surface area contributed by atoms with E-state index in [-0.39, 0.29) is 12.7 Å². The van der Waals surface area contributed by atoms with Crippen molar-refractivity contribution < 1.29 is 10.2 Å². The summed E-state index contributed by atoms with van der Waals surface area (Å²) in [4.78, 5) is 2.29. The fraction of sp³-hybridized carbons (Fsp3) is 0.500. The van der Waals surface area contributed by atoms with Gasteiger partial charge in [-0.05, 0) is 43.5 Å². The van der Waals surface area contributed by atoms with Crippen LogP contribution < -0.4 is 0 Å². The van der Waals surface area contributed by atoms with Gasteiger partial charge in [-0.3, -0.25) is 0 Å². The molecule has 1 aromatic carbocycles. The lowest BCUT2D eigenvalue weighted by atomic mass is 9.82. The predicted molar refractivity (Wildman–Crippen MR) is 75.5 cm³/mol. The molecule has 102 valence electrons. The van der Waals surface area contributed by atoms with E-state index in [2.05, 4.69) is 35.9 Å². The van der Waals surface area contributed by atoms with Crippen LogP contribution in [0.3, 0.4) is 0 Å². The first-order chi connectivity index (χ1) is 9.17. The summed E-state index contributed by atoms with van der Waals surface area (Å²) in [6, 6.07) is 8.11. The van der Waals surface area contributed by atoms with Crippen molar-refractivity contribution in [3.8, 4) is 11.8 Å². The summed E-state index contributed by atoms with van der Waals surface area (Å²) >= 11 is 0. The Morgan fingerprint density at radius 2 is 2.16 bits per heavy atom. The second-order valence-electron chi connectivity index (χ2n) is 5.35. The maximum absolute atomic E-state index is 9.29. The van der Waals surface area contributed by atoms with E-state index in [9.17, 15) is 5.11 Å². The van der Waals surface area contributed by atoms with Gasteiger partial charge in [0.2, 0.25) is 0 Å². The van der Waals surface area contributed by atoms with Gasteiger partial charge in [-0.25, -0.2) is 0 Å². The van der Waals surface area contributed by atoms with E-state index in [1.807, 2.05) is 12.1 Å². The molecular weight excluding hydrogens is 238 g/mol. The molecule has 1 aliphatic carbocycles. The third-order valence-electron chi connectivity index (χ3n) is 3.47. The van der Waals surface area contributed by atoms with E-state index in [1.165, 1.54) is 5.56 Å². The molecule has 1 fully saturated rings. The highest BCUT2D eigenvalue weighted by molar-refractivity contribution is 5.37. The zero-order valence-corrected chi connectivity index (χ0v) is 11.3. The van der Waals surface area contributed by atoms with Gasteiger partial charge in [0, 0.05) is 18.7 Å². The van der Waals surface area contributed by atoms with Crippen LogP contribution in [-0.4, -0.2) is 41.4 Å². The monoisotopic (exact) mass is 259 g/mol. The molecule has 0 unspecified atom stereocenters. The van der Waals surface area contributed by atoms with Crippen LogP contribution in [0, 0.1) is 17.8 Å². The maximum Gasteiger partial charge on any atom is 0.104 e. The van der Waals surface area contributed by atoms with Gasteiger partial charge in [-0.2, -0.15) is 0 Å². The first kappa shape index (κ1) is 14.1. The predicted octanol–water partition coefficient (Wildman–Crippen LogP) is 1.23. The Labute approximate surface area is 114 Å². The molecule has 0 atom stereocenters. The largest absolute Gasteiger partial charge is 0.393 e. The standard InChI is InChI=1S/C16H21NO2/c1-17(12-15-9-16(19)10-15)11-14-5-2-4-13(8-14)6-3-7-18/h2,4-5,8,15-16,18-19H,7,9-12H2,1H3. The zero-order chi connectivity index (χ0) is 13.7. The van der Waals surface area contributed by atoms with Crippen molar-refractivity contribution in [2.75, 3.05) is 20.2 Å². The van der Waals surface area contributed by atoms with Crippen molar-refractivity contribution in [2.24, 2.45) is 5.92 Å². The van der Waals surface area contributed by atoms with Crippen LogP contribution >= 0.6 is 0 Å². The molecule has 3 heteroatoms. The van der Waals surface area contributed by atoms with Crippen LogP contribution in [0.5, 0.6) is 0 Å². The molecule has 2 N–H and O–H groups in total. The van der Waals surface area contributed by atoms with E-state index >= 15 is 0 Å². The van der Waals surface area contributed by atoms with Gasteiger partial charge in [0.05, 0.1) is 6.10 Å². The van der Waals surface area contributed by atoms with Gasteiger partial charge >= 0.3 is 0 Å².